The molecule has 5 heteroatoms. The van der Waals surface area contributed by atoms with Gasteiger partial charge in [0.2, 0.25) is 0 Å². The van der Waals surface area contributed by atoms with E-state index in [2.05, 4.69) is 15.9 Å². The Hall–Kier alpha value is -0.610. The van der Waals surface area contributed by atoms with Gasteiger partial charge >= 0.3 is 0 Å². The molecule has 0 amide bonds. The lowest BCUT2D eigenvalue weighted by atomic mass is 10.3. The average molecular weight is 310 g/mol. The van der Waals surface area contributed by atoms with Gasteiger partial charge < -0.3 is 14.2 Å². The molecule has 0 aliphatic rings. The molecule has 0 aliphatic heterocycles. The quantitative estimate of drug-likeness (QED) is 0.594. The smallest absolute Gasteiger partial charge is 0.164 e. The highest BCUT2D eigenvalue weighted by Gasteiger charge is 2.10. The fourth-order valence-electron chi connectivity index (χ4n) is 1.18. The van der Waals surface area contributed by atoms with Crippen molar-refractivity contribution in [2.24, 2.45) is 0 Å². The van der Waals surface area contributed by atoms with E-state index in [4.69, 9.17) is 25.8 Å². The Kier molecular flexibility index (Phi) is 5.77. The van der Waals surface area contributed by atoms with E-state index in [1.165, 1.54) is 0 Å². The van der Waals surface area contributed by atoms with Gasteiger partial charge in [-0.05, 0) is 6.42 Å². The van der Waals surface area contributed by atoms with E-state index in [0.29, 0.717) is 28.9 Å². The molecule has 1 aromatic rings. The molecule has 90 valence electrons. The van der Waals surface area contributed by atoms with E-state index >= 15 is 0 Å². The molecule has 0 spiro atoms. The lowest BCUT2D eigenvalue weighted by Crippen LogP contribution is -1.99. The van der Waals surface area contributed by atoms with Gasteiger partial charge in [0, 0.05) is 17.5 Å². The van der Waals surface area contributed by atoms with Gasteiger partial charge in [-0.1, -0.05) is 27.5 Å². The van der Waals surface area contributed by atoms with Crippen LogP contribution in [-0.2, 0) is 0 Å². The summed E-state index contributed by atoms with van der Waals surface area (Å²) in [5.41, 5.74) is 0. The maximum atomic E-state index is 6.04. The van der Waals surface area contributed by atoms with Crippen LogP contribution >= 0.6 is 27.5 Å². The highest BCUT2D eigenvalue weighted by molar-refractivity contribution is 9.09. The van der Waals surface area contributed by atoms with Gasteiger partial charge in [0.05, 0.1) is 25.8 Å². The summed E-state index contributed by atoms with van der Waals surface area (Å²) < 4.78 is 15.8. The van der Waals surface area contributed by atoms with Gasteiger partial charge in [-0.25, -0.2) is 0 Å². The largest absolute Gasteiger partial charge is 0.493 e. The van der Waals surface area contributed by atoms with Gasteiger partial charge in [-0.2, -0.15) is 0 Å². The number of benzene rings is 1. The number of hydrogen-bond donors (Lipinski definition) is 0. The van der Waals surface area contributed by atoms with Crippen LogP contribution in [0, 0.1) is 0 Å². The first kappa shape index (κ1) is 13.5. The van der Waals surface area contributed by atoms with Crippen LogP contribution in [0.5, 0.6) is 17.2 Å². The number of halogens is 2. The fourth-order valence-corrected chi connectivity index (χ4v) is 1.62. The molecule has 0 heterocycles. The molecule has 0 saturated heterocycles. The molecule has 0 radical (unpaired) electrons. The highest BCUT2D eigenvalue weighted by Crippen LogP contribution is 2.37. The maximum Gasteiger partial charge on any atom is 0.164 e. The summed E-state index contributed by atoms with van der Waals surface area (Å²) in [6, 6.07) is 3.42. The number of methoxy groups -OCH3 is 2. The van der Waals surface area contributed by atoms with Gasteiger partial charge in [0.25, 0.3) is 0 Å². The summed E-state index contributed by atoms with van der Waals surface area (Å²) >= 11 is 9.38. The van der Waals surface area contributed by atoms with Crippen molar-refractivity contribution in [2.45, 2.75) is 6.42 Å². The third kappa shape index (κ3) is 3.46. The summed E-state index contributed by atoms with van der Waals surface area (Å²) in [5, 5.41) is 1.42. The van der Waals surface area contributed by atoms with Crippen LogP contribution in [0.25, 0.3) is 0 Å². The zero-order chi connectivity index (χ0) is 12.0. The zero-order valence-electron chi connectivity index (χ0n) is 9.26. The molecule has 0 saturated carbocycles. The minimum absolute atomic E-state index is 0.521. The Morgan fingerprint density at radius 2 is 1.75 bits per heavy atom. The van der Waals surface area contributed by atoms with Crippen LogP contribution in [0.2, 0.25) is 5.02 Å². The molecular formula is C11H14BrClO3. The Morgan fingerprint density at radius 3 is 2.31 bits per heavy atom. The topological polar surface area (TPSA) is 27.7 Å². The Balaban J connectivity index is 2.84. The molecule has 0 unspecified atom stereocenters. The molecule has 0 bridgehead atoms. The molecule has 0 aromatic heterocycles. The predicted octanol–water partition coefficient (Wildman–Crippen LogP) is 3.52. The number of alkyl halides is 1. The third-order valence-electron chi connectivity index (χ3n) is 1.97. The molecular weight excluding hydrogens is 295 g/mol. The van der Waals surface area contributed by atoms with Crippen LogP contribution in [-0.4, -0.2) is 26.2 Å². The average Bonchev–Trinajstić information content (AvgIpc) is 2.31. The van der Waals surface area contributed by atoms with Crippen molar-refractivity contribution in [3.8, 4) is 17.2 Å². The highest BCUT2D eigenvalue weighted by atomic mass is 79.9. The first-order chi connectivity index (χ1) is 7.72. The lowest BCUT2D eigenvalue weighted by molar-refractivity contribution is 0.312. The van der Waals surface area contributed by atoms with Crippen LogP contribution in [0.1, 0.15) is 6.42 Å². The molecule has 1 aromatic carbocycles. The lowest BCUT2D eigenvalue weighted by Gasteiger charge is -2.12. The number of ether oxygens (including phenoxy) is 3. The maximum absolute atomic E-state index is 6.04. The molecule has 0 fully saturated rings. The van der Waals surface area contributed by atoms with Crippen molar-refractivity contribution in [1.29, 1.82) is 0 Å². The molecule has 0 aliphatic carbocycles. The summed E-state index contributed by atoms with van der Waals surface area (Å²) in [5.74, 6) is 1.82. The van der Waals surface area contributed by atoms with Gasteiger partial charge in [-0.15, -0.1) is 0 Å². The second-order valence-electron chi connectivity index (χ2n) is 3.03. The molecule has 0 N–H and O–H groups in total. The monoisotopic (exact) mass is 308 g/mol. The van der Waals surface area contributed by atoms with Crippen molar-refractivity contribution >= 4 is 27.5 Å². The third-order valence-corrected chi connectivity index (χ3v) is 2.83. The van der Waals surface area contributed by atoms with Crippen LogP contribution in [0.3, 0.4) is 0 Å². The second-order valence-corrected chi connectivity index (χ2v) is 4.23. The fraction of sp³-hybridized carbons (Fsp3) is 0.455. The normalized spacial score (nSPS) is 10.0. The first-order valence-corrected chi connectivity index (χ1v) is 6.33. The number of rotatable bonds is 6. The van der Waals surface area contributed by atoms with E-state index < -0.39 is 0 Å². The van der Waals surface area contributed by atoms with Gasteiger partial charge in [0.15, 0.2) is 11.5 Å². The van der Waals surface area contributed by atoms with Crippen LogP contribution < -0.4 is 14.2 Å². The van der Waals surface area contributed by atoms with E-state index in [0.717, 1.165) is 11.8 Å². The SMILES string of the molecule is COc1cc(Cl)c(OCCCBr)cc1OC. The molecule has 0 atom stereocenters. The van der Waals surface area contributed by atoms with Crippen molar-refractivity contribution in [3.05, 3.63) is 17.2 Å². The van der Waals surface area contributed by atoms with E-state index in [1.807, 2.05) is 0 Å². The van der Waals surface area contributed by atoms with Crippen molar-refractivity contribution in [3.63, 3.8) is 0 Å². The van der Waals surface area contributed by atoms with Gasteiger partial charge in [-0.3, -0.25) is 0 Å². The Bertz CT molecular complexity index is 344. The van der Waals surface area contributed by atoms with E-state index in [1.54, 1.807) is 26.4 Å². The summed E-state index contributed by atoms with van der Waals surface area (Å²) in [4.78, 5) is 0. The summed E-state index contributed by atoms with van der Waals surface area (Å²) in [7, 11) is 3.15. The zero-order valence-corrected chi connectivity index (χ0v) is 11.6. The Morgan fingerprint density at radius 1 is 1.12 bits per heavy atom. The van der Waals surface area contributed by atoms with Crippen molar-refractivity contribution < 1.29 is 14.2 Å². The van der Waals surface area contributed by atoms with Crippen LogP contribution in [0.4, 0.5) is 0 Å². The van der Waals surface area contributed by atoms with Gasteiger partial charge in [0.1, 0.15) is 5.75 Å². The number of hydrogen-bond acceptors (Lipinski definition) is 3. The summed E-state index contributed by atoms with van der Waals surface area (Å²) in [6.07, 6.45) is 0.921. The Labute approximate surface area is 109 Å². The van der Waals surface area contributed by atoms with Crippen molar-refractivity contribution in [1.82, 2.24) is 0 Å². The molecule has 1 rings (SSSR count). The standard InChI is InChI=1S/C11H14BrClO3/c1-14-10-6-8(13)9(7-11(10)15-2)16-5-3-4-12/h6-7H,3-5H2,1-2H3. The van der Waals surface area contributed by atoms with E-state index in [-0.39, 0.29) is 0 Å². The van der Waals surface area contributed by atoms with Crippen LogP contribution in [0.15, 0.2) is 12.1 Å². The minimum atomic E-state index is 0.521. The second kappa shape index (κ2) is 6.86. The first-order valence-electron chi connectivity index (χ1n) is 4.83. The summed E-state index contributed by atoms with van der Waals surface area (Å²) in [6.45, 7) is 0.612. The molecule has 3 nitrogen and oxygen atoms in total. The predicted molar refractivity (Wildman–Crippen MR) is 68.5 cm³/mol. The van der Waals surface area contributed by atoms with Crippen molar-refractivity contribution in [2.75, 3.05) is 26.2 Å². The van der Waals surface area contributed by atoms with E-state index in [9.17, 15) is 0 Å². The minimum Gasteiger partial charge on any atom is -0.493 e. The molecule has 16 heavy (non-hydrogen) atoms.